The van der Waals surface area contributed by atoms with Crippen molar-refractivity contribution in [2.75, 3.05) is 19.0 Å². The second kappa shape index (κ2) is 5.54. The lowest BCUT2D eigenvalue weighted by atomic mass is 10.2. The van der Waals surface area contributed by atoms with Gasteiger partial charge in [0.2, 0.25) is 0 Å². The molecule has 20 heavy (non-hydrogen) atoms. The highest BCUT2D eigenvalue weighted by Gasteiger charge is 2.30. The number of rotatable bonds is 5. The van der Waals surface area contributed by atoms with E-state index in [1.807, 2.05) is 18.4 Å². The zero-order chi connectivity index (χ0) is 14.1. The summed E-state index contributed by atoms with van der Waals surface area (Å²) in [6.45, 7) is 3.05. The molecule has 0 amide bonds. The standard InChI is InChI=1S/C16H21N3S/c1-11-5-4-6-13(9-11)19(3)16-18-15(12-7-8-12)14(20-16)10-17-2/h4-6,9,12,17H,7-8,10H2,1-3H3. The van der Waals surface area contributed by atoms with E-state index in [0.717, 1.165) is 11.7 Å². The molecule has 1 aliphatic rings. The van der Waals surface area contributed by atoms with Gasteiger partial charge in [-0.05, 0) is 44.5 Å². The molecule has 0 spiro atoms. The van der Waals surface area contributed by atoms with Crippen molar-refractivity contribution in [3.8, 4) is 0 Å². The van der Waals surface area contributed by atoms with Gasteiger partial charge in [0.15, 0.2) is 5.13 Å². The Kier molecular flexibility index (Phi) is 3.76. The first-order chi connectivity index (χ1) is 9.69. The van der Waals surface area contributed by atoms with Crippen LogP contribution in [0.4, 0.5) is 10.8 Å². The molecule has 1 aromatic heterocycles. The molecule has 0 saturated heterocycles. The summed E-state index contributed by atoms with van der Waals surface area (Å²) in [7, 11) is 4.10. The Hall–Kier alpha value is -1.39. The SMILES string of the molecule is CNCc1sc(N(C)c2cccc(C)c2)nc1C1CC1. The average molecular weight is 287 g/mol. The van der Waals surface area contributed by atoms with Gasteiger partial charge in [-0.2, -0.15) is 0 Å². The summed E-state index contributed by atoms with van der Waals surface area (Å²) in [5.41, 5.74) is 3.81. The molecule has 0 atom stereocenters. The normalized spacial score (nSPS) is 14.6. The number of thiazole rings is 1. The molecular weight excluding hydrogens is 266 g/mol. The summed E-state index contributed by atoms with van der Waals surface area (Å²) in [5, 5.41) is 4.36. The molecule has 1 aliphatic carbocycles. The van der Waals surface area contributed by atoms with Gasteiger partial charge in [-0.1, -0.05) is 23.5 Å². The zero-order valence-corrected chi connectivity index (χ0v) is 13.1. The van der Waals surface area contributed by atoms with Crippen LogP contribution in [0.2, 0.25) is 0 Å². The summed E-state index contributed by atoms with van der Waals surface area (Å²) in [4.78, 5) is 8.49. The van der Waals surface area contributed by atoms with Crippen LogP contribution in [0, 0.1) is 6.92 Å². The highest BCUT2D eigenvalue weighted by Crippen LogP contribution is 2.44. The van der Waals surface area contributed by atoms with E-state index in [4.69, 9.17) is 4.98 Å². The van der Waals surface area contributed by atoms with Crippen molar-refractivity contribution in [3.63, 3.8) is 0 Å². The van der Waals surface area contributed by atoms with Crippen molar-refractivity contribution in [2.24, 2.45) is 0 Å². The first-order valence-electron chi connectivity index (χ1n) is 7.13. The van der Waals surface area contributed by atoms with Crippen LogP contribution in [0.5, 0.6) is 0 Å². The number of aryl methyl sites for hydroxylation is 1. The maximum absolute atomic E-state index is 4.90. The largest absolute Gasteiger partial charge is 0.321 e. The zero-order valence-electron chi connectivity index (χ0n) is 12.3. The number of hydrogen-bond donors (Lipinski definition) is 1. The van der Waals surface area contributed by atoms with Crippen LogP contribution in [0.15, 0.2) is 24.3 Å². The molecular formula is C16H21N3S. The lowest BCUT2D eigenvalue weighted by molar-refractivity contribution is 0.812. The van der Waals surface area contributed by atoms with Gasteiger partial charge in [0.05, 0.1) is 5.69 Å². The summed E-state index contributed by atoms with van der Waals surface area (Å²) >= 11 is 1.81. The predicted molar refractivity (Wildman–Crippen MR) is 86.1 cm³/mol. The number of hydrogen-bond acceptors (Lipinski definition) is 4. The van der Waals surface area contributed by atoms with Gasteiger partial charge in [-0.25, -0.2) is 4.98 Å². The quantitative estimate of drug-likeness (QED) is 0.906. The molecule has 2 aromatic rings. The lowest BCUT2D eigenvalue weighted by Crippen LogP contribution is -2.09. The van der Waals surface area contributed by atoms with Crippen LogP contribution < -0.4 is 10.2 Å². The van der Waals surface area contributed by atoms with Gasteiger partial charge in [-0.3, -0.25) is 0 Å². The molecule has 0 bridgehead atoms. The highest BCUT2D eigenvalue weighted by atomic mass is 32.1. The fourth-order valence-electron chi connectivity index (χ4n) is 2.40. The fourth-order valence-corrected chi connectivity index (χ4v) is 3.54. The van der Waals surface area contributed by atoms with Crippen LogP contribution >= 0.6 is 11.3 Å². The summed E-state index contributed by atoms with van der Waals surface area (Å²) in [6, 6.07) is 8.57. The maximum Gasteiger partial charge on any atom is 0.190 e. The molecule has 1 fully saturated rings. The van der Waals surface area contributed by atoms with E-state index >= 15 is 0 Å². The van der Waals surface area contributed by atoms with Crippen molar-refractivity contribution in [1.29, 1.82) is 0 Å². The first kappa shape index (κ1) is 13.6. The fraction of sp³-hybridized carbons (Fsp3) is 0.438. The van der Waals surface area contributed by atoms with E-state index in [2.05, 4.69) is 48.5 Å². The number of aromatic nitrogens is 1. The topological polar surface area (TPSA) is 28.2 Å². The maximum atomic E-state index is 4.90. The van der Waals surface area contributed by atoms with Crippen LogP contribution in [0.3, 0.4) is 0 Å². The van der Waals surface area contributed by atoms with Crippen molar-refractivity contribution < 1.29 is 0 Å². The molecule has 3 rings (SSSR count). The third-order valence-corrected chi connectivity index (χ3v) is 4.84. The number of benzene rings is 1. The number of nitrogens with zero attached hydrogens (tertiary/aromatic N) is 2. The van der Waals surface area contributed by atoms with E-state index in [9.17, 15) is 0 Å². The Labute approximate surface area is 124 Å². The third-order valence-electron chi connectivity index (χ3n) is 3.69. The Bertz CT molecular complexity index is 602. The summed E-state index contributed by atoms with van der Waals surface area (Å²) in [6.07, 6.45) is 2.60. The Balaban J connectivity index is 1.91. The lowest BCUT2D eigenvalue weighted by Gasteiger charge is -2.16. The number of nitrogens with one attached hydrogen (secondary N) is 1. The molecule has 106 valence electrons. The second-order valence-electron chi connectivity index (χ2n) is 5.51. The van der Waals surface area contributed by atoms with E-state index in [1.165, 1.54) is 34.7 Å². The Morgan fingerprint density at radius 1 is 1.40 bits per heavy atom. The minimum absolute atomic E-state index is 0.703. The molecule has 0 aliphatic heterocycles. The number of anilines is 2. The average Bonchev–Trinajstić information content (AvgIpc) is 3.20. The molecule has 0 unspecified atom stereocenters. The van der Waals surface area contributed by atoms with E-state index in [-0.39, 0.29) is 0 Å². The first-order valence-corrected chi connectivity index (χ1v) is 7.95. The van der Waals surface area contributed by atoms with Crippen molar-refractivity contribution >= 4 is 22.2 Å². The monoisotopic (exact) mass is 287 g/mol. The third kappa shape index (κ3) is 2.72. The molecule has 0 radical (unpaired) electrons. The minimum atomic E-state index is 0.703. The van der Waals surface area contributed by atoms with Gasteiger partial charge < -0.3 is 10.2 Å². The van der Waals surface area contributed by atoms with Crippen LogP contribution in [0.1, 0.15) is 34.9 Å². The highest BCUT2D eigenvalue weighted by molar-refractivity contribution is 7.15. The van der Waals surface area contributed by atoms with Gasteiger partial charge in [0, 0.05) is 30.1 Å². The minimum Gasteiger partial charge on any atom is -0.321 e. The molecule has 1 N–H and O–H groups in total. The Morgan fingerprint density at radius 2 is 2.20 bits per heavy atom. The van der Waals surface area contributed by atoms with Gasteiger partial charge in [0.1, 0.15) is 0 Å². The molecule has 4 heteroatoms. The summed E-state index contributed by atoms with van der Waals surface area (Å²) in [5.74, 6) is 0.703. The Morgan fingerprint density at radius 3 is 2.85 bits per heavy atom. The van der Waals surface area contributed by atoms with Crippen molar-refractivity contribution in [2.45, 2.75) is 32.2 Å². The van der Waals surface area contributed by atoms with Gasteiger partial charge >= 0.3 is 0 Å². The molecule has 1 heterocycles. The predicted octanol–water partition coefficient (Wildman–Crippen LogP) is 3.82. The smallest absolute Gasteiger partial charge is 0.190 e. The van der Waals surface area contributed by atoms with Crippen LogP contribution in [-0.2, 0) is 6.54 Å². The van der Waals surface area contributed by atoms with Crippen molar-refractivity contribution in [3.05, 3.63) is 40.4 Å². The van der Waals surface area contributed by atoms with Gasteiger partial charge in [0.25, 0.3) is 0 Å². The molecule has 1 saturated carbocycles. The van der Waals surface area contributed by atoms with E-state index in [1.54, 1.807) is 0 Å². The second-order valence-corrected chi connectivity index (χ2v) is 6.57. The van der Waals surface area contributed by atoms with Crippen LogP contribution in [0.25, 0.3) is 0 Å². The molecule has 3 nitrogen and oxygen atoms in total. The molecule has 1 aromatic carbocycles. The van der Waals surface area contributed by atoms with E-state index < -0.39 is 0 Å². The van der Waals surface area contributed by atoms with Gasteiger partial charge in [-0.15, -0.1) is 0 Å². The van der Waals surface area contributed by atoms with Crippen LogP contribution in [-0.4, -0.2) is 19.1 Å². The van der Waals surface area contributed by atoms with Crippen molar-refractivity contribution in [1.82, 2.24) is 10.3 Å². The van der Waals surface area contributed by atoms with E-state index in [0.29, 0.717) is 5.92 Å². The summed E-state index contributed by atoms with van der Waals surface area (Å²) < 4.78 is 0.